The smallest absolute Gasteiger partial charge is 0.218 e. The normalized spacial score (nSPS) is 9.93. The van der Waals surface area contributed by atoms with E-state index in [1.54, 1.807) is 0 Å². The van der Waals surface area contributed by atoms with Gasteiger partial charge in [-0.05, 0) is 13.8 Å². The fraction of sp³-hybridized carbons (Fsp3) is 0.600. The molecule has 14 heavy (non-hydrogen) atoms. The van der Waals surface area contributed by atoms with Crippen LogP contribution in [0.2, 0.25) is 0 Å². The molecular formula is C10H17N3O. The number of aryl methyl sites for hydroxylation is 1. The molecule has 0 atom stereocenters. The first-order chi connectivity index (χ1) is 6.80. The van der Waals surface area contributed by atoms with Gasteiger partial charge in [0, 0.05) is 19.0 Å². The average Bonchev–Trinajstić information content (AvgIpc) is 2.18. The first kappa shape index (κ1) is 10.8. The summed E-state index contributed by atoms with van der Waals surface area (Å²) >= 11 is 0. The van der Waals surface area contributed by atoms with Gasteiger partial charge >= 0.3 is 0 Å². The summed E-state index contributed by atoms with van der Waals surface area (Å²) < 4.78 is 5.34. The highest BCUT2D eigenvalue weighted by molar-refractivity contribution is 5.38. The van der Waals surface area contributed by atoms with Crippen LogP contribution >= 0.6 is 0 Å². The summed E-state index contributed by atoms with van der Waals surface area (Å²) in [6, 6.07) is 1.83. The summed E-state index contributed by atoms with van der Waals surface area (Å²) in [7, 11) is 0. The standard InChI is InChI=1S/C10H17N3O/c1-4-8-12-9(11-5-2)7-10(13-8)14-6-3/h7H,4-6H2,1-3H3,(H,11,12,13). The summed E-state index contributed by atoms with van der Waals surface area (Å²) in [6.45, 7) is 7.49. The number of nitrogens with one attached hydrogen (secondary N) is 1. The van der Waals surface area contributed by atoms with Gasteiger partial charge in [0.15, 0.2) is 0 Å². The maximum atomic E-state index is 5.34. The topological polar surface area (TPSA) is 47.0 Å². The Morgan fingerprint density at radius 1 is 1.29 bits per heavy atom. The van der Waals surface area contributed by atoms with E-state index in [1.807, 2.05) is 26.8 Å². The SMILES string of the molecule is CCNc1cc(OCC)nc(CC)n1. The van der Waals surface area contributed by atoms with Gasteiger partial charge in [-0.15, -0.1) is 0 Å². The number of ether oxygens (including phenoxy) is 1. The molecule has 0 spiro atoms. The number of nitrogens with zero attached hydrogens (tertiary/aromatic N) is 2. The molecule has 1 N–H and O–H groups in total. The summed E-state index contributed by atoms with van der Waals surface area (Å²) in [5, 5.41) is 3.15. The summed E-state index contributed by atoms with van der Waals surface area (Å²) in [6.07, 6.45) is 0.819. The van der Waals surface area contributed by atoms with Crippen molar-refractivity contribution in [2.75, 3.05) is 18.5 Å². The molecule has 1 heterocycles. The summed E-state index contributed by atoms with van der Waals surface area (Å²) in [5.74, 6) is 2.30. The second-order valence-corrected chi connectivity index (χ2v) is 2.82. The van der Waals surface area contributed by atoms with Gasteiger partial charge in [-0.2, -0.15) is 4.98 Å². The summed E-state index contributed by atoms with van der Waals surface area (Å²) in [4.78, 5) is 8.57. The Balaban J connectivity index is 2.88. The van der Waals surface area contributed by atoms with E-state index in [0.29, 0.717) is 12.5 Å². The van der Waals surface area contributed by atoms with Crippen LogP contribution in [0.15, 0.2) is 6.07 Å². The second kappa shape index (κ2) is 5.42. The Bertz CT molecular complexity index is 264. The van der Waals surface area contributed by atoms with Crippen LogP contribution in [0, 0.1) is 0 Å². The molecule has 4 heteroatoms. The van der Waals surface area contributed by atoms with E-state index in [0.717, 1.165) is 24.6 Å². The van der Waals surface area contributed by atoms with Gasteiger partial charge < -0.3 is 10.1 Å². The van der Waals surface area contributed by atoms with Gasteiger partial charge in [0.2, 0.25) is 5.88 Å². The van der Waals surface area contributed by atoms with Crippen LogP contribution in [0.1, 0.15) is 26.6 Å². The molecule has 1 rings (SSSR count). The minimum atomic E-state index is 0.631. The van der Waals surface area contributed by atoms with Crippen molar-refractivity contribution in [2.45, 2.75) is 27.2 Å². The molecule has 0 saturated carbocycles. The van der Waals surface area contributed by atoms with Crippen molar-refractivity contribution in [3.05, 3.63) is 11.9 Å². The number of aromatic nitrogens is 2. The second-order valence-electron chi connectivity index (χ2n) is 2.82. The Hall–Kier alpha value is -1.32. The number of rotatable bonds is 5. The molecular weight excluding hydrogens is 178 g/mol. The van der Waals surface area contributed by atoms with Gasteiger partial charge in [0.25, 0.3) is 0 Å². The summed E-state index contributed by atoms with van der Waals surface area (Å²) in [5.41, 5.74) is 0. The highest BCUT2D eigenvalue weighted by Crippen LogP contribution is 2.13. The lowest BCUT2D eigenvalue weighted by Gasteiger charge is -2.07. The Morgan fingerprint density at radius 3 is 2.64 bits per heavy atom. The first-order valence-electron chi connectivity index (χ1n) is 5.04. The molecule has 0 saturated heterocycles. The van der Waals surface area contributed by atoms with Crippen molar-refractivity contribution in [3.63, 3.8) is 0 Å². The van der Waals surface area contributed by atoms with E-state index in [9.17, 15) is 0 Å². The van der Waals surface area contributed by atoms with Crippen LogP contribution in [-0.2, 0) is 6.42 Å². The third kappa shape index (κ3) is 2.87. The van der Waals surface area contributed by atoms with E-state index in [4.69, 9.17) is 4.74 Å². The molecule has 0 aliphatic rings. The molecule has 0 unspecified atom stereocenters. The quantitative estimate of drug-likeness (QED) is 0.779. The van der Waals surface area contributed by atoms with E-state index in [-0.39, 0.29) is 0 Å². The van der Waals surface area contributed by atoms with Crippen molar-refractivity contribution in [1.29, 1.82) is 0 Å². The van der Waals surface area contributed by atoms with Crippen LogP contribution in [-0.4, -0.2) is 23.1 Å². The van der Waals surface area contributed by atoms with E-state index >= 15 is 0 Å². The van der Waals surface area contributed by atoms with Gasteiger partial charge in [0.1, 0.15) is 11.6 Å². The number of anilines is 1. The van der Waals surface area contributed by atoms with Crippen LogP contribution in [0.4, 0.5) is 5.82 Å². The van der Waals surface area contributed by atoms with E-state index in [2.05, 4.69) is 15.3 Å². The van der Waals surface area contributed by atoms with Crippen molar-refractivity contribution in [1.82, 2.24) is 9.97 Å². The van der Waals surface area contributed by atoms with Gasteiger partial charge in [0.05, 0.1) is 6.61 Å². The number of hydrogen-bond donors (Lipinski definition) is 1. The maximum Gasteiger partial charge on any atom is 0.218 e. The lowest BCUT2D eigenvalue weighted by molar-refractivity contribution is 0.325. The molecule has 78 valence electrons. The molecule has 0 aromatic carbocycles. The van der Waals surface area contributed by atoms with Crippen LogP contribution in [0.25, 0.3) is 0 Å². The minimum absolute atomic E-state index is 0.631. The molecule has 0 fully saturated rings. The Morgan fingerprint density at radius 2 is 2.07 bits per heavy atom. The molecule has 0 bridgehead atoms. The molecule has 1 aromatic heterocycles. The zero-order valence-electron chi connectivity index (χ0n) is 9.00. The third-order valence-corrected chi connectivity index (χ3v) is 1.72. The van der Waals surface area contributed by atoms with E-state index < -0.39 is 0 Å². The molecule has 4 nitrogen and oxygen atoms in total. The predicted molar refractivity (Wildman–Crippen MR) is 56.7 cm³/mol. The maximum absolute atomic E-state index is 5.34. The van der Waals surface area contributed by atoms with Gasteiger partial charge in [-0.3, -0.25) is 0 Å². The monoisotopic (exact) mass is 195 g/mol. The van der Waals surface area contributed by atoms with Gasteiger partial charge in [-0.1, -0.05) is 6.92 Å². The lowest BCUT2D eigenvalue weighted by Crippen LogP contribution is -2.05. The average molecular weight is 195 g/mol. The first-order valence-corrected chi connectivity index (χ1v) is 5.04. The highest BCUT2D eigenvalue weighted by atomic mass is 16.5. The molecule has 0 radical (unpaired) electrons. The van der Waals surface area contributed by atoms with Crippen molar-refractivity contribution in [2.24, 2.45) is 0 Å². The van der Waals surface area contributed by atoms with Crippen molar-refractivity contribution in [3.8, 4) is 5.88 Å². The third-order valence-electron chi connectivity index (χ3n) is 1.72. The Labute approximate surface area is 84.7 Å². The molecule has 1 aromatic rings. The van der Waals surface area contributed by atoms with Crippen molar-refractivity contribution < 1.29 is 4.74 Å². The van der Waals surface area contributed by atoms with Crippen LogP contribution in [0.3, 0.4) is 0 Å². The minimum Gasteiger partial charge on any atom is -0.478 e. The number of hydrogen-bond acceptors (Lipinski definition) is 4. The Kier molecular flexibility index (Phi) is 4.16. The lowest BCUT2D eigenvalue weighted by atomic mass is 10.4. The van der Waals surface area contributed by atoms with Crippen molar-refractivity contribution >= 4 is 5.82 Å². The predicted octanol–water partition coefficient (Wildman–Crippen LogP) is 1.87. The molecule has 0 amide bonds. The van der Waals surface area contributed by atoms with E-state index in [1.165, 1.54) is 0 Å². The molecule has 0 aliphatic heterocycles. The van der Waals surface area contributed by atoms with Crippen LogP contribution < -0.4 is 10.1 Å². The fourth-order valence-corrected chi connectivity index (χ4v) is 1.12. The largest absolute Gasteiger partial charge is 0.478 e. The molecule has 0 aliphatic carbocycles. The zero-order valence-corrected chi connectivity index (χ0v) is 9.00. The fourth-order valence-electron chi connectivity index (χ4n) is 1.12. The van der Waals surface area contributed by atoms with Crippen LogP contribution in [0.5, 0.6) is 5.88 Å². The highest BCUT2D eigenvalue weighted by Gasteiger charge is 2.02. The van der Waals surface area contributed by atoms with Gasteiger partial charge in [-0.25, -0.2) is 4.98 Å². The zero-order chi connectivity index (χ0) is 10.4.